The fraction of sp³-hybridized carbons (Fsp3) is 0. The summed E-state index contributed by atoms with van der Waals surface area (Å²) in [6.07, 6.45) is 0. The van der Waals surface area contributed by atoms with Crippen molar-refractivity contribution in [1.29, 1.82) is 0 Å². The highest BCUT2D eigenvalue weighted by molar-refractivity contribution is 6.19. The second kappa shape index (κ2) is 13.6. The summed E-state index contributed by atoms with van der Waals surface area (Å²) >= 11 is 0. The van der Waals surface area contributed by atoms with E-state index in [-0.39, 0.29) is 0 Å². The highest BCUT2D eigenvalue weighted by Gasteiger charge is 2.20. The van der Waals surface area contributed by atoms with Gasteiger partial charge >= 0.3 is 0 Å². The SMILES string of the molecule is c1ccc(-c2cccc3c2oc2cc(N(c4ccc(-c5ccc6c7ccc8ccccc8c7n(-c7ccccc7)c6c5)cc4)c4ccc5oc6ccccc6c5c4)ccc23)cc1. The first-order chi connectivity index (χ1) is 30.7. The molecule has 0 spiro atoms. The van der Waals surface area contributed by atoms with E-state index < -0.39 is 0 Å². The van der Waals surface area contributed by atoms with Crippen molar-refractivity contribution in [2.75, 3.05) is 4.90 Å². The average Bonchev–Trinajstić information content (AvgIpc) is 4.01. The Morgan fingerprint density at radius 1 is 0.339 bits per heavy atom. The lowest BCUT2D eigenvalue weighted by Crippen LogP contribution is -2.09. The quantitative estimate of drug-likeness (QED) is 0.168. The van der Waals surface area contributed by atoms with Gasteiger partial charge < -0.3 is 18.3 Å². The van der Waals surface area contributed by atoms with Crippen LogP contribution in [0.4, 0.5) is 17.1 Å². The van der Waals surface area contributed by atoms with E-state index in [0.29, 0.717) is 0 Å². The molecule has 13 rings (SSSR count). The van der Waals surface area contributed by atoms with E-state index in [1.165, 1.54) is 32.6 Å². The van der Waals surface area contributed by atoms with Crippen molar-refractivity contribution < 1.29 is 8.83 Å². The molecule has 0 N–H and O–H groups in total. The minimum Gasteiger partial charge on any atom is -0.456 e. The molecule has 0 saturated heterocycles. The van der Waals surface area contributed by atoms with Gasteiger partial charge in [0.1, 0.15) is 22.3 Å². The predicted molar refractivity (Wildman–Crippen MR) is 258 cm³/mol. The van der Waals surface area contributed by atoms with E-state index in [4.69, 9.17) is 8.83 Å². The summed E-state index contributed by atoms with van der Waals surface area (Å²) in [5, 5.41) is 9.33. The maximum absolute atomic E-state index is 6.77. The molecule has 0 aliphatic carbocycles. The number of hydrogen-bond acceptors (Lipinski definition) is 3. The standard InChI is InChI=1S/C58H36N2O2/c1-3-12-38(13-4-1)46-19-11-20-51-49-32-28-44(36-56(49)62-58(46)51)59(43-29-33-55-52(35-43)48-18-9-10-21-54(48)61-55)42-26-22-37(23-27-42)40-25-30-47-50-31-24-39-14-7-8-17-45(39)57(50)60(53(47)34-40)41-15-5-2-6-16-41/h1-36H. The van der Waals surface area contributed by atoms with Crippen LogP contribution >= 0.6 is 0 Å². The van der Waals surface area contributed by atoms with Crippen molar-refractivity contribution >= 4 is 93.5 Å². The van der Waals surface area contributed by atoms with Crippen LogP contribution in [0, 0.1) is 0 Å². The number of fused-ring (bicyclic) bond motifs is 11. The highest BCUT2D eigenvalue weighted by atomic mass is 16.3. The molecule has 0 radical (unpaired) electrons. The second-order valence-corrected chi connectivity index (χ2v) is 16.1. The van der Waals surface area contributed by atoms with Gasteiger partial charge in [0.05, 0.1) is 11.0 Å². The molecule has 0 fully saturated rings. The van der Waals surface area contributed by atoms with Gasteiger partial charge in [0.25, 0.3) is 0 Å². The molecule has 0 aliphatic heterocycles. The first-order valence-corrected chi connectivity index (χ1v) is 21.1. The van der Waals surface area contributed by atoms with Crippen LogP contribution in [0.2, 0.25) is 0 Å². The molecule has 10 aromatic carbocycles. The normalized spacial score (nSPS) is 11.9. The van der Waals surface area contributed by atoms with Crippen LogP contribution in [-0.2, 0) is 0 Å². The fourth-order valence-corrected chi connectivity index (χ4v) is 9.68. The smallest absolute Gasteiger partial charge is 0.143 e. The van der Waals surface area contributed by atoms with Crippen LogP contribution in [-0.4, -0.2) is 4.57 Å². The number of aromatic nitrogens is 1. The molecule has 4 heteroatoms. The Morgan fingerprint density at radius 3 is 1.85 bits per heavy atom. The van der Waals surface area contributed by atoms with Gasteiger partial charge in [-0.25, -0.2) is 0 Å². The number of para-hydroxylation sites is 3. The molecule has 0 amide bonds. The molecule has 4 nitrogen and oxygen atoms in total. The van der Waals surface area contributed by atoms with E-state index in [2.05, 4.69) is 210 Å². The van der Waals surface area contributed by atoms with Crippen LogP contribution in [0.1, 0.15) is 0 Å². The average molecular weight is 793 g/mol. The van der Waals surface area contributed by atoms with Gasteiger partial charge in [0.2, 0.25) is 0 Å². The van der Waals surface area contributed by atoms with Crippen LogP contribution in [0.5, 0.6) is 0 Å². The maximum atomic E-state index is 6.77. The van der Waals surface area contributed by atoms with Gasteiger partial charge in [0.15, 0.2) is 0 Å². The lowest BCUT2D eigenvalue weighted by Gasteiger charge is -2.25. The van der Waals surface area contributed by atoms with Gasteiger partial charge in [-0.3, -0.25) is 0 Å². The molecular weight excluding hydrogens is 757 g/mol. The van der Waals surface area contributed by atoms with E-state index in [9.17, 15) is 0 Å². The third-order valence-corrected chi connectivity index (χ3v) is 12.6. The summed E-state index contributed by atoms with van der Waals surface area (Å²) in [6, 6.07) is 77.9. The molecule has 13 aromatic rings. The Hall–Kier alpha value is -8.34. The maximum Gasteiger partial charge on any atom is 0.143 e. The number of anilines is 3. The minimum atomic E-state index is 0.840. The summed E-state index contributed by atoms with van der Waals surface area (Å²) in [4.78, 5) is 2.32. The molecule has 3 aromatic heterocycles. The van der Waals surface area contributed by atoms with Gasteiger partial charge in [-0.15, -0.1) is 0 Å². The number of nitrogens with zero attached hydrogens (tertiary/aromatic N) is 2. The summed E-state index contributed by atoms with van der Waals surface area (Å²) in [7, 11) is 0. The number of hydrogen-bond donors (Lipinski definition) is 0. The molecule has 0 unspecified atom stereocenters. The largest absolute Gasteiger partial charge is 0.456 e. The van der Waals surface area contributed by atoms with Gasteiger partial charge in [0, 0.05) is 72.1 Å². The van der Waals surface area contributed by atoms with Crippen molar-refractivity contribution in [3.63, 3.8) is 0 Å². The van der Waals surface area contributed by atoms with Gasteiger partial charge in [-0.2, -0.15) is 0 Å². The zero-order valence-electron chi connectivity index (χ0n) is 33.5. The Kier molecular flexibility index (Phi) is 7.57. The van der Waals surface area contributed by atoms with Gasteiger partial charge in [-0.1, -0.05) is 146 Å². The molecule has 0 atom stereocenters. The number of furan rings is 2. The van der Waals surface area contributed by atoms with Crippen LogP contribution in [0.3, 0.4) is 0 Å². The summed E-state index contributed by atoms with van der Waals surface area (Å²) in [6.45, 7) is 0. The molecule has 3 heterocycles. The minimum absolute atomic E-state index is 0.840. The zero-order valence-corrected chi connectivity index (χ0v) is 33.5. The summed E-state index contributed by atoms with van der Waals surface area (Å²) < 4.78 is 15.5. The Morgan fingerprint density at radius 2 is 0.984 bits per heavy atom. The molecule has 290 valence electrons. The van der Waals surface area contributed by atoms with Crippen molar-refractivity contribution in [1.82, 2.24) is 4.57 Å². The van der Waals surface area contributed by atoms with Crippen molar-refractivity contribution in [3.8, 4) is 27.9 Å². The molecule has 0 aliphatic rings. The Balaban J connectivity index is 0.966. The predicted octanol–water partition coefficient (Wildman–Crippen LogP) is 16.5. The topological polar surface area (TPSA) is 34.5 Å². The van der Waals surface area contributed by atoms with Crippen LogP contribution in [0.25, 0.3) is 104 Å². The lowest BCUT2D eigenvalue weighted by molar-refractivity contribution is 0.668. The summed E-state index contributed by atoms with van der Waals surface area (Å²) in [5.74, 6) is 0. The number of benzene rings is 10. The number of rotatable bonds is 6. The monoisotopic (exact) mass is 792 g/mol. The molecule has 62 heavy (non-hydrogen) atoms. The van der Waals surface area contributed by atoms with E-state index in [1.54, 1.807) is 0 Å². The van der Waals surface area contributed by atoms with Crippen molar-refractivity contribution in [2.24, 2.45) is 0 Å². The van der Waals surface area contributed by atoms with Crippen LogP contribution < -0.4 is 4.90 Å². The van der Waals surface area contributed by atoms with Crippen LogP contribution in [0.15, 0.2) is 227 Å². The second-order valence-electron chi connectivity index (χ2n) is 16.1. The lowest BCUT2D eigenvalue weighted by atomic mass is 10.0. The van der Waals surface area contributed by atoms with Gasteiger partial charge in [-0.05, 0) is 88.8 Å². The third kappa shape index (κ3) is 5.33. The zero-order chi connectivity index (χ0) is 40.7. The molecule has 0 saturated carbocycles. The van der Waals surface area contributed by atoms with Crippen molar-refractivity contribution in [2.45, 2.75) is 0 Å². The van der Waals surface area contributed by atoms with E-state index in [1.807, 2.05) is 18.2 Å². The first kappa shape index (κ1) is 34.5. The molecule has 0 bridgehead atoms. The van der Waals surface area contributed by atoms with E-state index in [0.717, 1.165) is 88.9 Å². The molecular formula is C58H36N2O2. The third-order valence-electron chi connectivity index (χ3n) is 12.6. The highest BCUT2D eigenvalue weighted by Crippen LogP contribution is 2.44. The van der Waals surface area contributed by atoms with E-state index >= 15 is 0 Å². The first-order valence-electron chi connectivity index (χ1n) is 21.1. The summed E-state index contributed by atoms with van der Waals surface area (Å²) in [5.41, 5.74) is 14.6. The Bertz CT molecular complexity index is 3860. The van der Waals surface area contributed by atoms with Crippen molar-refractivity contribution in [3.05, 3.63) is 218 Å². The Labute approximate surface area is 356 Å². The fourth-order valence-electron chi connectivity index (χ4n) is 9.68.